The average molecular weight is 106 g/mol. The first-order valence-corrected chi connectivity index (χ1v) is 2.22. The molecular weight excluding hydrogens is 96.4 g/mol. The fourth-order valence-electron chi connectivity index (χ4n) is 0.554. The normalized spacial score (nSPS) is 15.9. The van der Waals surface area contributed by atoms with Crippen molar-refractivity contribution in [3.8, 4) is 0 Å². The Balaban J connectivity index is -0.000000120. The molecule has 1 heteroatoms. The van der Waals surface area contributed by atoms with E-state index in [2.05, 4.69) is 25.2 Å². The first kappa shape index (κ1) is 7.25. The van der Waals surface area contributed by atoms with Gasteiger partial charge in [-0.15, -0.1) is 0 Å². The van der Waals surface area contributed by atoms with Gasteiger partial charge in [-0.2, -0.15) is 0 Å². The molecule has 1 aliphatic carbocycles. The van der Waals surface area contributed by atoms with Gasteiger partial charge in [-0.3, -0.25) is 0 Å². The molecule has 1 aliphatic rings. The zero-order chi connectivity index (χ0) is 4.41. The van der Waals surface area contributed by atoms with Crippen LogP contribution >= 0.6 is 0 Å². The van der Waals surface area contributed by atoms with Gasteiger partial charge in [0.2, 0.25) is 0 Å². The van der Waals surface area contributed by atoms with Crippen molar-refractivity contribution in [2.45, 2.75) is 13.3 Å². The van der Waals surface area contributed by atoms with Crippen molar-refractivity contribution < 1.29 is 2.85 Å². The van der Waals surface area contributed by atoms with E-state index < -0.39 is 0 Å². The van der Waals surface area contributed by atoms with Gasteiger partial charge in [0.25, 0.3) is 0 Å². The van der Waals surface area contributed by atoms with Crippen LogP contribution in [-0.4, -0.2) is 23.1 Å². The van der Waals surface area contributed by atoms with Crippen LogP contribution in [0.1, 0.15) is 16.2 Å². The summed E-state index contributed by atoms with van der Waals surface area (Å²) in [5, 5.41) is 0. The fourth-order valence-corrected chi connectivity index (χ4v) is 0.554. The molecule has 0 N–H and O–H groups in total. The summed E-state index contributed by atoms with van der Waals surface area (Å²) in [6.45, 7) is 2.14. The molecule has 0 bridgehead atoms. The minimum absolute atomic E-state index is 0. The van der Waals surface area contributed by atoms with Crippen molar-refractivity contribution in [1.29, 1.82) is 0 Å². The largest absolute Gasteiger partial charge is 2.00 e. The van der Waals surface area contributed by atoms with Crippen molar-refractivity contribution in [1.82, 2.24) is 0 Å². The summed E-state index contributed by atoms with van der Waals surface area (Å²) in [5.74, 6) is 0. The van der Waals surface area contributed by atoms with Gasteiger partial charge in [-0.1, -0.05) is 23.8 Å². The maximum absolute atomic E-state index is 2.16. The van der Waals surface area contributed by atoms with Crippen molar-refractivity contribution >= 4 is 23.1 Å². The van der Waals surface area contributed by atoms with Gasteiger partial charge in [0, 0.05) is 0 Å². The molecule has 0 heterocycles. The molecular formula is C6H10Mg. The van der Waals surface area contributed by atoms with Gasteiger partial charge >= 0.3 is 23.1 Å². The van der Waals surface area contributed by atoms with Crippen LogP contribution in [0.4, 0.5) is 0 Å². The molecule has 0 atom stereocenters. The van der Waals surface area contributed by atoms with Gasteiger partial charge in [-0.25, -0.2) is 0 Å². The number of hydrogen-bond acceptors (Lipinski definition) is 0. The minimum atomic E-state index is 0. The summed E-state index contributed by atoms with van der Waals surface area (Å²) in [5.41, 5.74) is 1.47. The molecule has 0 radical (unpaired) electrons. The Labute approximate surface area is 63.4 Å². The summed E-state index contributed by atoms with van der Waals surface area (Å²) in [7, 11) is 0. The maximum atomic E-state index is 2.16. The quantitative estimate of drug-likeness (QED) is 0.413. The summed E-state index contributed by atoms with van der Waals surface area (Å²) in [4.78, 5) is 0. The van der Waals surface area contributed by atoms with E-state index in [0.29, 0.717) is 0 Å². The minimum Gasteiger partial charge on any atom is -1.00 e. The molecule has 0 saturated carbocycles. The number of allylic oxidation sites excluding steroid dienone is 4. The molecule has 0 aromatic heterocycles. The Kier molecular flexibility index (Phi) is 3.39. The third-order valence-electron chi connectivity index (χ3n) is 0.957. The van der Waals surface area contributed by atoms with Crippen molar-refractivity contribution in [3.05, 3.63) is 23.8 Å². The van der Waals surface area contributed by atoms with Crippen molar-refractivity contribution in [2.24, 2.45) is 0 Å². The molecule has 0 spiro atoms. The van der Waals surface area contributed by atoms with E-state index in [1.165, 1.54) is 12.0 Å². The predicted molar refractivity (Wildman–Crippen MR) is 35.5 cm³/mol. The zero-order valence-corrected chi connectivity index (χ0v) is 6.06. The van der Waals surface area contributed by atoms with Gasteiger partial charge in [0.05, 0.1) is 0 Å². The second-order valence-corrected chi connectivity index (χ2v) is 1.65. The Morgan fingerprint density at radius 2 is 2.43 bits per heavy atom. The first-order chi connectivity index (χ1) is 2.89. The maximum Gasteiger partial charge on any atom is 2.00 e. The van der Waals surface area contributed by atoms with Crippen LogP contribution in [0.5, 0.6) is 0 Å². The van der Waals surface area contributed by atoms with E-state index in [-0.39, 0.29) is 25.9 Å². The Bertz CT molecular complexity index is 108. The SMILES string of the molecule is CC1=CC=CC1.[H-].[H-].[Mg+2]. The first-order valence-electron chi connectivity index (χ1n) is 2.22. The fraction of sp³-hybridized carbons (Fsp3) is 0.333. The van der Waals surface area contributed by atoms with Crippen LogP contribution in [-0.2, 0) is 0 Å². The Morgan fingerprint density at radius 3 is 2.57 bits per heavy atom. The molecule has 0 nitrogen and oxygen atoms in total. The molecule has 0 unspecified atom stereocenters. The Morgan fingerprint density at radius 1 is 1.71 bits per heavy atom. The molecule has 0 amide bonds. The van der Waals surface area contributed by atoms with Crippen LogP contribution in [0.15, 0.2) is 23.8 Å². The van der Waals surface area contributed by atoms with Gasteiger partial charge in [0.1, 0.15) is 0 Å². The molecule has 7 heavy (non-hydrogen) atoms. The Hall–Kier alpha value is 0.246. The smallest absolute Gasteiger partial charge is 1.00 e. The van der Waals surface area contributed by atoms with Crippen molar-refractivity contribution in [3.63, 3.8) is 0 Å². The second-order valence-electron chi connectivity index (χ2n) is 1.65. The number of rotatable bonds is 0. The summed E-state index contributed by atoms with van der Waals surface area (Å²) >= 11 is 0. The van der Waals surface area contributed by atoms with Crippen LogP contribution in [0.3, 0.4) is 0 Å². The predicted octanol–water partition coefficient (Wildman–Crippen LogP) is 1.74. The van der Waals surface area contributed by atoms with E-state index in [4.69, 9.17) is 0 Å². The number of hydrogen-bond donors (Lipinski definition) is 0. The van der Waals surface area contributed by atoms with E-state index in [0.717, 1.165) is 0 Å². The zero-order valence-electron chi connectivity index (χ0n) is 6.65. The van der Waals surface area contributed by atoms with Crippen LogP contribution in [0.25, 0.3) is 0 Å². The molecule has 0 saturated heterocycles. The van der Waals surface area contributed by atoms with Crippen LogP contribution < -0.4 is 0 Å². The molecule has 0 aromatic rings. The van der Waals surface area contributed by atoms with Gasteiger partial charge in [-0.05, 0) is 13.3 Å². The van der Waals surface area contributed by atoms with Crippen LogP contribution in [0.2, 0.25) is 0 Å². The van der Waals surface area contributed by atoms with Crippen molar-refractivity contribution in [2.75, 3.05) is 0 Å². The molecule has 1 rings (SSSR count). The van der Waals surface area contributed by atoms with E-state index in [9.17, 15) is 0 Å². The van der Waals surface area contributed by atoms with E-state index in [1.807, 2.05) is 0 Å². The standard InChI is InChI=1S/C6H8.Mg.2H/c1-6-4-2-3-5-6;;;/h2-4H,5H2,1H3;;;/q;+2;2*-1. The molecule has 36 valence electrons. The van der Waals surface area contributed by atoms with Gasteiger partial charge in [0.15, 0.2) is 0 Å². The summed E-state index contributed by atoms with van der Waals surface area (Å²) in [6.07, 6.45) is 7.56. The van der Waals surface area contributed by atoms with Gasteiger partial charge < -0.3 is 2.85 Å². The second kappa shape index (κ2) is 3.27. The average Bonchev–Trinajstić information content (AvgIpc) is 1.86. The third kappa shape index (κ3) is 2.14. The van der Waals surface area contributed by atoms with E-state index in [1.54, 1.807) is 0 Å². The van der Waals surface area contributed by atoms with E-state index >= 15 is 0 Å². The molecule has 0 aliphatic heterocycles. The van der Waals surface area contributed by atoms with Crippen LogP contribution in [0, 0.1) is 0 Å². The monoisotopic (exact) mass is 106 g/mol. The third-order valence-corrected chi connectivity index (χ3v) is 0.957. The summed E-state index contributed by atoms with van der Waals surface area (Å²) < 4.78 is 0. The summed E-state index contributed by atoms with van der Waals surface area (Å²) in [6, 6.07) is 0. The molecule has 0 fully saturated rings. The topological polar surface area (TPSA) is 0 Å². The molecule has 0 aromatic carbocycles.